The molecule has 3 rings (SSSR count). The first kappa shape index (κ1) is 15.5. The van der Waals surface area contributed by atoms with E-state index < -0.39 is 0 Å². The summed E-state index contributed by atoms with van der Waals surface area (Å²) in [5.74, 6) is 0.141. The monoisotopic (exact) mass is 338 g/mol. The number of piperazine rings is 1. The molecule has 22 heavy (non-hydrogen) atoms. The highest BCUT2D eigenvalue weighted by Gasteiger charge is 2.26. The summed E-state index contributed by atoms with van der Waals surface area (Å²) in [7, 11) is 0. The first-order valence-electron chi connectivity index (χ1n) is 7.38. The standard InChI is InChI=1S/C15H19ClN4OS/c1-12(20-6-2-5-17-20)15(21)19-9-7-18(8-10-19)11-13-3-4-14(16)22-13/h2-6,12H,7-11H2,1H3. The summed E-state index contributed by atoms with van der Waals surface area (Å²) in [6.45, 7) is 6.14. The van der Waals surface area contributed by atoms with E-state index in [2.05, 4.69) is 16.1 Å². The predicted octanol–water partition coefficient (Wildman–Crippen LogP) is 2.50. The summed E-state index contributed by atoms with van der Waals surface area (Å²) in [6.07, 6.45) is 3.53. The number of nitrogens with zero attached hydrogens (tertiary/aromatic N) is 4. The van der Waals surface area contributed by atoms with Crippen molar-refractivity contribution in [2.75, 3.05) is 26.2 Å². The van der Waals surface area contributed by atoms with Gasteiger partial charge in [0.2, 0.25) is 5.91 Å². The Morgan fingerprint density at radius 3 is 2.73 bits per heavy atom. The fraction of sp³-hybridized carbons (Fsp3) is 0.467. The number of rotatable bonds is 4. The SMILES string of the molecule is CC(C(=O)N1CCN(Cc2ccc(Cl)s2)CC1)n1cccn1. The number of thiophene rings is 1. The second kappa shape index (κ2) is 6.81. The van der Waals surface area contributed by atoms with E-state index in [0.717, 1.165) is 37.1 Å². The van der Waals surface area contributed by atoms with E-state index in [1.165, 1.54) is 4.88 Å². The molecule has 2 aromatic heterocycles. The van der Waals surface area contributed by atoms with Crippen LogP contribution < -0.4 is 0 Å². The van der Waals surface area contributed by atoms with E-state index in [9.17, 15) is 4.79 Å². The highest BCUT2D eigenvalue weighted by Crippen LogP contribution is 2.23. The number of hydrogen-bond donors (Lipinski definition) is 0. The lowest BCUT2D eigenvalue weighted by Gasteiger charge is -2.35. The molecular formula is C15H19ClN4OS. The molecule has 1 amide bonds. The van der Waals surface area contributed by atoms with Gasteiger partial charge in [-0.05, 0) is 25.1 Å². The van der Waals surface area contributed by atoms with Gasteiger partial charge in [0.15, 0.2) is 0 Å². The molecular weight excluding hydrogens is 320 g/mol. The third kappa shape index (κ3) is 3.51. The number of carbonyl (C=O) groups is 1. The van der Waals surface area contributed by atoms with Gasteiger partial charge in [-0.1, -0.05) is 11.6 Å². The third-order valence-electron chi connectivity index (χ3n) is 3.97. The summed E-state index contributed by atoms with van der Waals surface area (Å²) in [4.78, 5) is 18.1. The van der Waals surface area contributed by atoms with Crippen molar-refractivity contribution in [3.63, 3.8) is 0 Å². The van der Waals surface area contributed by atoms with Crippen LogP contribution in [0.3, 0.4) is 0 Å². The van der Waals surface area contributed by atoms with Gasteiger partial charge in [-0.3, -0.25) is 14.4 Å². The van der Waals surface area contributed by atoms with Gasteiger partial charge in [0.1, 0.15) is 6.04 Å². The number of carbonyl (C=O) groups excluding carboxylic acids is 1. The molecule has 0 spiro atoms. The Kier molecular flexibility index (Phi) is 4.81. The molecule has 0 saturated carbocycles. The van der Waals surface area contributed by atoms with Gasteiger partial charge >= 0.3 is 0 Å². The van der Waals surface area contributed by atoms with Crippen LogP contribution >= 0.6 is 22.9 Å². The molecule has 1 saturated heterocycles. The maximum atomic E-state index is 12.5. The fourth-order valence-corrected chi connectivity index (χ4v) is 3.80. The molecule has 5 nitrogen and oxygen atoms in total. The molecule has 1 aliphatic heterocycles. The third-order valence-corrected chi connectivity index (χ3v) is 5.19. The first-order chi connectivity index (χ1) is 10.6. The van der Waals surface area contributed by atoms with Gasteiger partial charge in [0.25, 0.3) is 0 Å². The average Bonchev–Trinajstić information content (AvgIpc) is 3.18. The minimum absolute atomic E-state index is 0.141. The molecule has 118 valence electrons. The van der Waals surface area contributed by atoms with Gasteiger partial charge < -0.3 is 4.90 Å². The molecule has 0 radical (unpaired) electrons. The molecule has 1 atom stereocenters. The Morgan fingerprint density at radius 2 is 2.14 bits per heavy atom. The number of aromatic nitrogens is 2. The molecule has 0 aromatic carbocycles. The van der Waals surface area contributed by atoms with Crippen LogP contribution in [0.1, 0.15) is 17.8 Å². The highest BCUT2D eigenvalue weighted by atomic mass is 35.5. The van der Waals surface area contributed by atoms with E-state index in [4.69, 9.17) is 11.6 Å². The van der Waals surface area contributed by atoms with E-state index >= 15 is 0 Å². The zero-order valence-electron chi connectivity index (χ0n) is 12.5. The van der Waals surface area contributed by atoms with E-state index in [1.807, 2.05) is 30.2 Å². The molecule has 3 heterocycles. The fourth-order valence-electron chi connectivity index (χ4n) is 2.67. The summed E-state index contributed by atoms with van der Waals surface area (Å²) < 4.78 is 2.54. The summed E-state index contributed by atoms with van der Waals surface area (Å²) >= 11 is 7.59. The van der Waals surface area contributed by atoms with Gasteiger partial charge in [-0.2, -0.15) is 5.10 Å². The van der Waals surface area contributed by atoms with Crippen LogP contribution in [0.25, 0.3) is 0 Å². The van der Waals surface area contributed by atoms with Crippen LogP contribution in [0.2, 0.25) is 4.34 Å². The van der Waals surface area contributed by atoms with Crippen molar-refractivity contribution >= 4 is 28.8 Å². The molecule has 7 heteroatoms. The second-order valence-corrected chi connectivity index (χ2v) is 7.27. The topological polar surface area (TPSA) is 41.4 Å². The number of halogens is 1. The van der Waals surface area contributed by atoms with Crippen molar-refractivity contribution in [2.24, 2.45) is 0 Å². The maximum Gasteiger partial charge on any atom is 0.247 e. The van der Waals surface area contributed by atoms with Crippen molar-refractivity contribution in [3.05, 3.63) is 39.8 Å². The Bertz CT molecular complexity index is 619. The van der Waals surface area contributed by atoms with Crippen LogP contribution in [0.5, 0.6) is 0 Å². The minimum atomic E-state index is -0.238. The first-order valence-corrected chi connectivity index (χ1v) is 8.57. The predicted molar refractivity (Wildman–Crippen MR) is 88.1 cm³/mol. The largest absolute Gasteiger partial charge is 0.338 e. The van der Waals surface area contributed by atoms with Crippen molar-refractivity contribution in [1.82, 2.24) is 19.6 Å². The van der Waals surface area contributed by atoms with Crippen LogP contribution in [0.15, 0.2) is 30.6 Å². The Hall–Kier alpha value is -1.37. The van der Waals surface area contributed by atoms with Gasteiger partial charge in [0.05, 0.1) is 4.34 Å². The Balaban J connectivity index is 1.52. The maximum absolute atomic E-state index is 12.5. The molecule has 0 bridgehead atoms. The van der Waals surface area contributed by atoms with Crippen molar-refractivity contribution in [1.29, 1.82) is 0 Å². The van der Waals surface area contributed by atoms with E-state index in [1.54, 1.807) is 22.2 Å². The lowest BCUT2D eigenvalue weighted by molar-refractivity contribution is -0.136. The van der Waals surface area contributed by atoms with Gasteiger partial charge in [-0.15, -0.1) is 11.3 Å². The quantitative estimate of drug-likeness (QED) is 0.860. The van der Waals surface area contributed by atoms with Crippen LogP contribution in [-0.4, -0.2) is 51.7 Å². The average molecular weight is 339 g/mol. The molecule has 1 unspecified atom stereocenters. The summed E-state index contributed by atoms with van der Waals surface area (Å²) in [5.41, 5.74) is 0. The normalized spacial score (nSPS) is 17.6. The second-order valence-electron chi connectivity index (χ2n) is 5.47. The van der Waals surface area contributed by atoms with Crippen LogP contribution in [-0.2, 0) is 11.3 Å². The van der Waals surface area contributed by atoms with Gasteiger partial charge in [-0.25, -0.2) is 0 Å². The Labute approximate surface area is 139 Å². The van der Waals surface area contributed by atoms with E-state index in [-0.39, 0.29) is 11.9 Å². The molecule has 2 aromatic rings. The molecule has 1 aliphatic rings. The lowest BCUT2D eigenvalue weighted by Crippen LogP contribution is -2.49. The summed E-state index contributed by atoms with van der Waals surface area (Å²) in [6, 6.07) is 5.61. The van der Waals surface area contributed by atoms with Crippen molar-refractivity contribution in [3.8, 4) is 0 Å². The van der Waals surface area contributed by atoms with Crippen LogP contribution in [0, 0.1) is 0 Å². The summed E-state index contributed by atoms with van der Waals surface area (Å²) in [5, 5.41) is 4.15. The molecule has 0 N–H and O–H groups in total. The van der Waals surface area contributed by atoms with Crippen LogP contribution in [0.4, 0.5) is 0 Å². The van der Waals surface area contributed by atoms with Crippen molar-refractivity contribution in [2.45, 2.75) is 19.5 Å². The van der Waals surface area contributed by atoms with Gasteiger partial charge in [0, 0.05) is 50.0 Å². The Morgan fingerprint density at radius 1 is 1.36 bits per heavy atom. The zero-order chi connectivity index (χ0) is 15.5. The van der Waals surface area contributed by atoms with Crippen molar-refractivity contribution < 1.29 is 4.79 Å². The highest BCUT2D eigenvalue weighted by molar-refractivity contribution is 7.16. The van der Waals surface area contributed by atoms with E-state index in [0.29, 0.717) is 0 Å². The smallest absolute Gasteiger partial charge is 0.247 e. The zero-order valence-corrected chi connectivity index (χ0v) is 14.1. The minimum Gasteiger partial charge on any atom is -0.338 e. The number of amides is 1. The number of hydrogen-bond acceptors (Lipinski definition) is 4. The molecule has 1 fully saturated rings. The molecule has 0 aliphatic carbocycles. The lowest BCUT2D eigenvalue weighted by atomic mass is 10.2.